The summed E-state index contributed by atoms with van der Waals surface area (Å²) in [5, 5.41) is 13.6. The van der Waals surface area contributed by atoms with E-state index in [2.05, 4.69) is 21.6 Å². The molecule has 0 amide bonds. The number of methoxy groups -OCH3 is 1. The molecule has 0 spiro atoms. The summed E-state index contributed by atoms with van der Waals surface area (Å²) < 4.78 is 7.10. The third kappa shape index (κ3) is 2.72. The number of benzene rings is 2. The summed E-state index contributed by atoms with van der Waals surface area (Å²) in [5.74, 6) is 1.16. The Morgan fingerprint density at radius 2 is 1.96 bits per heavy atom. The van der Waals surface area contributed by atoms with Gasteiger partial charge in [-0.25, -0.2) is 4.98 Å². The quantitative estimate of drug-likeness (QED) is 0.594. The molecule has 0 saturated heterocycles. The van der Waals surface area contributed by atoms with E-state index in [1.54, 1.807) is 7.11 Å². The first-order valence-electron chi connectivity index (χ1n) is 7.03. The number of rotatable bonds is 4. The molecule has 3 aromatic rings. The number of para-hydroxylation sites is 4. The summed E-state index contributed by atoms with van der Waals surface area (Å²) in [7, 11) is 3.45. The lowest BCUT2D eigenvalue weighted by Gasteiger charge is -2.07. The van der Waals surface area contributed by atoms with Gasteiger partial charge in [0.1, 0.15) is 11.8 Å². The van der Waals surface area contributed by atoms with Crippen LogP contribution in [0.2, 0.25) is 0 Å². The predicted octanol–water partition coefficient (Wildman–Crippen LogP) is 2.92. The van der Waals surface area contributed by atoms with Crippen molar-refractivity contribution in [2.75, 3.05) is 12.5 Å². The van der Waals surface area contributed by atoms with E-state index in [4.69, 9.17) is 4.74 Å². The second-order valence-corrected chi connectivity index (χ2v) is 4.87. The minimum absolute atomic E-state index is 0.203. The van der Waals surface area contributed by atoms with Crippen LogP contribution < -0.4 is 10.2 Å². The highest BCUT2D eigenvalue weighted by Crippen LogP contribution is 2.23. The number of nitriles is 1. The molecule has 1 aromatic heterocycles. The van der Waals surface area contributed by atoms with Crippen LogP contribution >= 0.6 is 0 Å². The SMILES string of the molecule is COc1ccccc1N/N=C(\C#N)c1nc2ccccc2n1C. The van der Waals surface area contributed by atoms with E-state index in [-0.39, 0.29) is 5.71 Å². The molecular formula is C17H15N5O. The summed E-state index contributed by atoms with van der Waals surface area (Å²) in [6.07, 6.45) is 0. The summed E-state index contributed by atoms with van der Waals surface area (Å²) in [6.45, 7) is 0. The highest BCUT2D eigenvalue weighted by atomic mass is 16.5. The van der Waals surface area contributed by atoms with Gasteiger partial charge in [0.2, 0.25) is 5.71 Å². The fourth-order valence-corrected chi connectivity index (χ4v) is 2.34. The van der Waals surface area contributed by atoms with E-state index < -0.39 is 0 Å². The molecule has 0 aliphatic heterocycles. The number of ether oxygens (including phenoxy) is 1. The number of imidazole rings is 1. The zero-order valence-corrected chi connectivity index (χ0v) is 12.8. The van der Waals surface area contributed by atoms with Crippen LogP contribution in [0.3, 0.4) is 0 Å². The molecule has 1 heterocycles. The third-order valence-corrected chi connectivity index (χ3v) is 3.50. The summed E-state index contributed by atoms with van der Waals surface area (Å²) in [6, 6.07) is 17.2. The van der Waals surface area contributed by atoms with Crippen molar-refractivity contribution >= 4 is 22.4 Å². The number of nitrogens with zero attached hydrogens (tertiary/aromatic N) is 4. The van der Waals surface area contributed by atoms with Crippen LogP contribution in [0.4, 0.5) is 5.69 Å². The standard InChI is InChI=1S/C17H15N5O/c1-22-15-9-5-3-7-12(15)19-17(22)14(11-18)21-20-13-8-4-6-10-16(13)23-2/h3-10,20H,1-2H3/b21-14+. The van der Waals surface area contributed by atoms with Gasteiger partial charge in [-0.05, 0) is 24.3 Å². The Kier molecular flexibility index (Phi) is 3.93. The van der Waals surface area contributed by atoms with Gasteiger partial charge in [-0.2, -0.15) is 10.4 Å². The van der Waals surface area contributed by atoms with Crippen LogP contribution in [0.1, 0.15) is 5.82 Å². The van der Waals surface area contributed by atoms with Gasteiger partial charge in [-0.15, -0.1) is 0 Å². The van der Waals surface area contributed by atoms with Crippen molar-refractivity contribution in [2.45, 2.75) is 0 Å². The van der Waals surface area contributed by atoms with Crippen LogP contribution in [-0.2, 0) is 7.05 Å². The van der Waals surface area contributed by atoms with Gasteiger partial charge in [0, 0.05) is 7.05 Å². The number of aromatic nitrogens is 2. The minimum atomic E-state index is 0.203. The van der Waals surface area contributed by atoms with E-state index in [9.17, 15) is 5.26 Å². The van der Waals surface area contributed by atoms with Crippen molar-refractivity contribution in [2.24, 2.45) is 12.1 Å². The average molecular weight is 305 g/mol. The van der Waals surface area contributed by atoms with Crippen molar-refractivity contribution < 1.29 is 4.74 Å². The van der Waals surface area contributed by atoms with Gasteiger partial charge in [0.25, 0.3) is 0 Å². The van der Waals surface area contributed by atoms with Crippen LogP contribution in [0.15, 0.2) is 53.6 Å². The number of nitrogens with one attached hydrogen (secondary N) is 1. The van der Waals surface area contributed by atoms with Gasteiger partial charge in [0.15, 0.2) is 5.82 Å². The molecule has 0 radical (unpaired) electrons. The fraction of sp³-hybridized carbons (Fsp3) is 0.118. The van der Waals surface area contributed by atoms with Gasteiger partial charge < -0.3 is 9.30 Å². The molecule has 6 nitrogen and oxygen atoms in total. The second-order valence-electron chi connectivity index (χ2n) is 4.87. The Balaban J connectivity index is 1.98. The first kappa shape index (κ1) is 14.6. The van der Waals surface area contributed by atoms with E-state index >= 15 is 0 Å². The predicted molar refractivity (Wildman–Crippen MR) is 89.5 cm³/mol. The Hall–Kier alpha value is -3.33. The van der Waals surface area contributed by atoms with Gasteiger partial charge in [-0.1, -0.05) is 24.3 Å². The molecule has 23 heavy (non-hydrogen) atoms. The van der Waals surface area contributed by atoms with E-state index in [1.165, 1.54) is 0 Å². The van der Waals surface area contributed by atoms with Crippen LogP contribution in [0.5, 0.6) is 5.75 Å². The number of hydrazone groups is 1. The summed E-state index contributed by atoms with van der Waals surface area (Å²) in [5.41, 5.74) is 5.53. The lowest BCUT2D eigenvalue weighted by atomic mass is 10.3. The molecule has 0 bridgehead atoms. The molecular weight excluding hydrogens is 290 g/mol. The van der Waals surface area contributed by atoms with Gasteiger partial charge in [-0.3, -0.25) is 5.43 Å². The van der Waals surface area contributed by atoms with E-state index in [1.807, 2.05) is 60.1 Å². The first-order chi connectivity index (χ1) is 11.2. The first-order valence-corrected chi connectivity index (χ1v) is 7.03. The number of anilines is 1. The summed E-state index contributed by atoms with van der Waals surface area (Å²) >= 11 is 0. The van der Waals surface area contributed by atoms with E-state index in [0.717, 1.165) is 11.0 Å². The molecule has 3 rings (SSSR count). The molecule has 6 heteroatoms. The molecule has 0 unspecified atom stereocenters. The van der Waals surface area contributed by atoms with Gasteiger partial charge in [0.05, 0.1) is 23.8 Å². The Morgan fingerprint density at radius 3 is 2.70 bits per heavy atom. The van der Waals surface area contributed by atoms with Crippen LogP contribution in [0, 0.1) is 11.3 Å². The Morgan fingerprint density at radius 1 is 1.22 bits per heavy atom. The molecule has 1 N–H and O–H groups in total. The molecule has 0 atom stereocenters. The summed E-state index contributed by atoms with van der Waals surface area (Å²) in [4.78, 5) is 4.48. The smallest absolute Gasteiger partial charge is 0.203 e. The molecule has 0 saturated carbocycles. The van der Waals surface area contributed by atoms with Crippen molar-refractivity contribution in [3.63, 3.8) is 0 Å². The Bertz CT molecular complexity index is 920. The molecule has 2 aromatic carbocycles. The molecule has 114 valence electrons. The number of hydrogen-bond acceptors (Lipinski definition) is 5. The monoisotopic (exact) mass is 305 g/mol. The maximum absolute atomic E-state index is 9.43. The Labute approximate surface area is 133 Å². The van der Waals surface area contributed by atoms with Gasteiger partial charge >= 0.3 is 0 Å². The zero-order valence-electron chi connectivity index (χ0n) is 12.8. The number of fused-ring (bicyclic) bond motifs is 1. The topological polar surface area (TPSA) is 75.2 Å². The minimum Gasteiger partial charge on any atom is -0.495 e. The maximum atomic E-state index is 9.43. The number of hydrogen-bond donors (Lipinski definition) is 1. The van der Waals surface area contributed by atoms with Crippen LogP contribution in [-0.4, -0.2) is 22.4 Å². The fourth-order valence-electron chi connectivity index (χ4n) is 2.34. The maximum Gasteiger partial charge on any atom is 0.203 e. The lowest BCUT2D eigenvalue weighted by Crippen LogP contribution is -2.09. The van der Waals surface area contributed by atoms with E-state index in [0.29, 0.717) is 17.3 Å². The third-order valence-electron chi connectivity index (χ3n) is 3.50. The largest absolute Gasteiger partial charge is 0.495 e. The molecule has 0 aliphatic rings. The van der Waals surface area contributed by atoms with Crippen molar-refractivity contribution in [1.29, 1.82) is 5.26 Å². The molecule has 0 aliphatic carbocycles. The normalized spacial score (nSPS) is 11.3. The lowest BCUT2D eigenvalue weighted by molar-refractivity contribution is 0.416. The van der Waals surface area contributed by atoms with Crippen molar-refractivity contribution in [3.05, 3.63) is 54.4 Å². The second kappa shape index (κ2) is 6.20. The molecule has 0 fully saturated rings. The highest BCUT2D eigenvalue weighted by molar-refractivity contribution is 6.11. The van der Waals surface area contributed by atoms with Crippen molar-refractivity contribution in [3.8, 4) is 11.8 Å². The van der Waals surface area contributed by atoms with Crippen LogP contribution in [0.25, 0.3) is 11.0 Å². The highest BCUT2D eigenvalue weighted by Gasteiger charge is 2.13. The van der Waals surface area contributed by atoms with Crippen molar-refractivity contribution in [1.82, 2.24) is 9.55 Å². The zero-order chi connectivity index (χ0) is 16.2. The number of aryl methyl sites for hydroxylation is 1. The average Bonchev–Trinajstić information content (AvgIpc) is 2.93.